The molecular weight excluding hydrogens is 388 g/mol. The van der Waals surface area contributed by atoms with Gasteiger partial charge in [-0.05, 0) is 57.9 Å². The monoisotopic (exact) mass is 414 g/mol. The lowest BCUT2D eigenvalue weighted by molar-refractivity contribution is -0.128. The van der Waals surface area contributed by atoms with Gasteiger partial charge in [0, 0.05) is 24.0 Å². The van der Waals surface area contributed by atoms with Crippen molar-refractivity contribution in [2.24, 2.45) is 0 Å². The standard InChI is InChI=1S/C22H27ClN4O2/c1-22(2,3)26-20(28)19(17-10-6-7-13-24-17)27(16-8-4-5-9-16)21(29)15-11-12-18(23)25-14-15/h6-7,10-14,16,19H,4-5,8-9H2,1-3H3,(H,26,28)/t19-/m0/s1. The molecule has 0 radical (unpaired) electrons. The summed E-state index contributed by atoms with van der Waals surface area (Å²) < 4.78 is 0. The molecule has 1 fully saturated rings. The van der Waals surface area contributed by atoms with Crippen LogP contribution in [-0.4, -0.2) is 38.3 Å². The Hall–Kier alpha value is -2.47. The van der Waals surface area contributed by atoms with Gasteiger partial charge in [-0.3, -0.25) is 14.6 Å². The molecule has 2 aromatic rings. The first-order valence-corrected chi connectivity index (χ1v) is 10.3. The minimum absolute atomic E-state index is 0.0316. The molecule has 0 unspecified atom stereocenters. The number of carbonyl (C=O) groups excluding carboxylic acids is 2. The quantitative estimate of drug-likeness (QED) is 0.745. The first kappa shape index (κ1) is 21.2. The highest BCUT2D eigenvalue weighted by Crippen LogP contribution is 2.32. The number of rotatable bonds is 5. The lowest BCUT2D eigenvalue weighted by atomic mass is 10.0. The predicted octanol–water partition coefficient (Wildman–Crippen LogP) is 4.17. The minimum atomic E-state index is -0.818. The molecule has 1 aliphatic rings. The van der Waals surface area contributed by atoms with E-state index in [2.05, 4.69) is 15.3 Å². The summed E-state index contributed by atoms with van der Waals surface area (Å²) in [5.74, 6) is -0.473. The second-order valence-corrected chi connectivity index (χ2v) is 8.80. The van der Waals surface area contributed by atoms with E-state index in [9.17, 15) is 9.59 Å². The van der Waals surface area contributed by atoms with Gasteiger partial charge >= 0.3 is 0 Å². The fraction of sp³-hybridized carbons (Fsp3) is 0.455. The Balaban J connectivity index is 2.05. The summed E-state index contributed by atoms with van der Waals surface area (Å²) in [7, 11) is 0. The van der Waals surface area contributed by atoms with Crippen LogP contribution in [0.5, 0.6) is 0 Å². The van der Waals surface area contributed by atoms with Gasteiger partial charge < -0.3 is 10.2 Å². The van der Waals surface area contributed by atoms with Gasteiger partial charge in [0.15, 0.2) is 6.04 Å². The van der Waals surface area contributed by atoms with E-state index in [1.165, 1.54) is 6.20 Å². The Morgan fingerprint density at radius 1 is 1.14 bits per heavy atom. The van der Waals surface area contributed by atoms with E-state index in [1.54, 1.807) is 35.4 Å². The summed E-state index contributed by atoms with van der Waals surface area (Å²) in [5.41, 5.74) is 0.526. The third-order valence-electron chi connectivity index (χ3n) is 4.92. The average Bonchev–Trinajstić information content (AvgIpc) is 3.19. The minimum Gasteiger partial charge on any atom is -0.349 e. The number of nitrogens with one attached hydrogen (secondary N) is 1. The molecule has 1 aliphatic carbocycles. The molecule has 0 aromatic carbocycles. The largest absolute Gasteiger partial charge is 0.349 e. The first-order chi connectivity index (χ1) is 13.8. The van der Waals surface area contributed by atoms with Crippen LogP contribution < -0.4 is 5.32 Å². The van der Waals surface area contributed by atoms with Crippen molar-refractivity contribution < 1.29 is 9.59 Å². The summed E-state index contributed by atoms with van der Waals surface area (Å²) in [6.07, 6.45) is 6.89. The van der Waals surface area contributed by atoms with Crippen molar-refractivity contribution in [2.75, 3.05) is 0 Å². The van der Waals surface area contributed by atoms with Crippen LogP contribution in [0.4, 0.5) is 0 Å². The van der Waals surface area contributed by atoms with Crippen molar-refractivity contribution in [3.8, 4) is 0 Å². The highest BCUT2D eigenvalue weighted by Gasteiger charge is 2.39. The van der Waals surface area contributed by atoms with E-state index >= 15 is 0 Å². The lowest BCUT2D eigenvalue weighted by Gasteiger charge is -2.37. The van der Waals surface area contributed by atoms with Crippen molar-refractivity contribution in [1.82, 2.24) is 20.2 Å². The smallest absolute Gasteiger partial charge is 0.256 e. The Kier molecular flexibility index (Phi) is 6.52. The van der Waals surface area contributed by atoms with E-state index < -0.39 is 11.6 Å². The third kappa shape index (κ3) is 5.32. The summed E-state index contributed by atoms with van der Waals surface area (Å²) in [5, 5.41) is 3.35. The normalized spacial score (nSPS) is 15.7. The van der Waals surface area contributed by atoms with Gasteiger partial charge in [-0.15, -0.1) is 0 Å². The highest BCUT2D eigenvalue weighted by atomic mass is 35.5. The van der Waals surface area contributed by atoms with Crippen LogP contribution in [0.15, 0.2) is 42.7 Å². The summed E-state index contributed by atoms with van der Waals surface area (Å²) >= 11 is 5.89. The molecule has 1 N–H and O–H groups in total. The van der Waals surface area contributed by atoms with Crippen LogP contribution in [0, 0.1) is 0 Å². The molecule has 0 spiro atoms. The molecule has 154 valence electrons. The zero-order valence-electron chi connectivity index (χ0n) is 17.1. The van der Waals surface area contributed by atoms with Crippen molar-refractivity contribution >= 4 is 23.4 Å². The molecule has 2 heterocycles. The second-order valence-electron chi connectivity index (χ2n) is 8.42. The van der Waals surface area contributed by atoms with E-state index in [-0.39, 0.29) is 17.9 Å². The zero-order valence-corrected chi connectivity index (χ0v) is 17.8. The zero-order chi connectivity index (χ0) is 21.0. The molecule has 0 saturated heterocycles. The third-order valence-corrected chi connectivity index (χ3v) is 5.14. The Bertz CT molecular complexity index is 843. The summed E-state index contributed by atoms with van der Waals surface area (Å²) in [6, 6.07) is 7.82. The maximum atomic E-state index is 13.6. The molecule has 7 heteroatoms. The van der Waals surface area contributed by atoms with Gasteiger partial charge in [-0.25, -0.2) is 4.98 Å². The van der Waals surface area contributed by atoms with Crippen molar-refractivity contribution in [1.29, 1.82) is 0 Å². The number of aromatic nitrogens is 2. The van der Waals surface area contributed by atoms with Crippen molar-refractivity contribution in [3.05, 3.63) is 59.1 Å². The van der Waals surface area contributed by atoms with Crippen LogP contribution in [0.25, 0.3) is 0 Å². The molecule has 29 heavy (non-hydrogen) atoms. The van der Waals surface area contributed by atoms with E-state index in [4.69, 9.17) is 11.6 Å². The first-order valence-electron chi connectivity index (χ1n) is 9.93. The van der Waals surface area contributed by atoms with Gasteiger partial charge in [0.05, 0.1) is 11.3 Å². The molecule has 0 bridgehead atoms. The fourth-order valence-electron chi connectivity index (χ4n) is 3.71. The van der Waals surface area contributed by atoms with E-state index in [1.807, 2.05) is 26.8 Å². The molecule has 0 aliphatic heterocycles. The number of carbonyl (C=O) groups is 2. The second kappa shape index (κ2) is 8.91. The van der Waals surface area contributed by atoms with Crippen molar-refractivity contribution in [3.63, 3.8) is 0 Å². The van der Waals surface area contributed by atoms with Crippen molar-refractivity contribution in [2.45, 2.75) is 64.1 Å². The summed E-state index contributed by atoms with van der Waals surface area (Å²) in [6.45, 7) is 5.77. The number of amides is 2. The maximum Gasteiger partial charge on any atom is 0.256 e. The topological polar surface area (TPSA) is 75.2 Å². The van der Waals surface area contributed by atoms with Gasteiger partial charge in [0.1, 0.15) is 5.15 Å². The average molecular weight is 415 g/mol. The van der Waals surface area contributed by atoms with Gasteiger partial charge in [0.2, 0.25) is 5.91 Å². The number of nitrogens with zero attached hydrogens (tertiary/aromatic N) is 3. The van der Waals surface area contributed by atoms with Crippen LogP contribution >= 0.6 is 11.6 Å². The van der Waals surface area contributed by atoms with Crippen LogP contribution in [-0.2, 0) is 4.79 Å². The van der Waals surface area contributed by atoms with Gasteiger partial charge in [-0.2, -0.15) is 0 Å². The molecular formula is C22H27ClN4O2. The number of hydrogen-bond acceptors (Lipinski definition) is 4. The fourth-order valence-corrected chi connectivity index (χ4v) is 3.82. The molecule has 2 aromatic heterocycles. The Labute approximate surface area is 176 Å². The number of hydrogen-bond donors (Lipinski definition) is 1. The number of pyridine rings is 2. The van der Waals surface area contributed by atoms with Gasteiger partial charge in [0.25, 0.3) is 5.91 Å². The van der Waals surface area contributed by atoms with Crippen LogP contribution in [0.1, 0.15) is 68.5 Å². The highest BCUT2D eigenvalue weighted by molar-refractivity contribution is 6.29. The van der Waals surface area contributed by atoms with Gasteiger partial charge in [-0.1, -0.05) is 30.5 Å². The Morgan fingerprint density at radius 2 is 1.86 bits per heavy atom. The molecule has 2 amide bonds. The Morgan fingerprint density at radius 3 is 2.41 bits per heavy atom. The number of halogens is 1. The van der Waals surface area contributed by atoms with E-state index in [0.717, 1.165) is 25.7 Å². The maximum absolute atomic E-state index is 13.6. The lowest BCUT2D eigenvalue weighted by Crippen LogP contribution is -2.52. The van der Waals surface area contributed by atoms with E-state index in [0.29, 0.717) is 16.4 Å². The molecule has 6 nitrogen and oxygen atoms in total. The SMILES string of the molecule is CC(C)(C)NC(=O)[C@H](c1ccccn1)N(C(=O)c1ccc(Cl)nc1)C1CCCC1. The molecule has 1 saturated carbocycles. The molecule has 3 rings (SSSR count). The predicted molar refractivity (Wildman–Crippen MR) is 113 cm³/mol. The van der Waals surface area contributed by atoms with Crippen LogP contribution in [0.2, 0.25) is 5.15 Å². The molecule has 1 atom stereocenters. The van der Waals surface area contributed by atoms with Crippen LogP contribution in [0.3, 0.4) is 0 Å². The summed E-state index contributed by atoms with van der Waals surface area (Å²) in [4.78, 5) is 37.1.